The first-order valence-corrected chi connectivity index (χ1v) is 7.95. The molecule has 1 aliphatic carbocycles. The van der Waals surface area contributed by atoms with Crippen molar-refractivity contribution in [3.05, 3.63) is 24.0 Å². The number of carbonyl (C=O) groups excluding carboxylic acids is 1. The second kappa shape index (κ2) is 7.29. The minimum Gasteiger partial charge on any atom is -0.433 e. The van der Waals surface area contributed by atoms with E-state index in [1.807, 2.05) is 0 Å². The van der Waals surface area contributed by atoms with Crippen LogP contribution in [0.2, 0.25) is 0 Å². The molecule has 1 aromatic rings. The van der Waals surface area contributed by atoms with Crippen molar-refractivity contribution in [1.82, 2.24) is 5.32 Å². The van der Waals surface area contributed by atoms with Gasteiger partial charge in [0.25, 0.3) is 0 Å². The van der Waals surface area contributed by atoms with Crippen LogP contribution in [0, 0.1) is 11.7 Å². The van der Waals surface area contributed by atoms with Gasteiger partial charge in [-0.05, 0) is 43.7 Å². The fourth-order valence-corrected chi connectivity index (χ4v) is 2.90. The lowest BCUT2D eigenvalue weighted by Gasteiger charge is -2.30. The summed E-state index contributed by atoms with van der Waals surface area (Å²) >= 11 is 0. The summed E-state index contributed by atoms with van der Waals surface area (Å²) in [6.07, 6.45) is 3.88. The van der Waals surface area contributed by atoms with Gasteiger partial charge in [-0.1, -0.05) is 0 Å². The van der Waals surface area contributed by atoms with E-state index in [2.05, 4.69) is 15.4 Å². The van der Waals surface area contributed by atoms with Crippen LogP contribution < -0.4 is 15.4 Å². The molecule has 0 aromatic heterocycles. The molecule has 132 valence electrons. The lowest BCUT2D eigenvalue weighted by atomic mass is 10.0. The Morgan fingerprint density at radius 1 is 1.29 bits per heavy atom. The van der Waals surface area contributed by atoms with Gasteiger partial charge in [-0.2, -0.15) is 8.78 Å². The van der Waals surface area contributed by atoms with Crippen LogP contribution in [-0.2, 0) is 4.74 Å². The molecule has 0 spiro atoms. The van der Waals surface area contributed by atoms with E-state index in [0.29, 0.717) is 18.9 Å². The summed E-state index contributed by atoms with van der Waals surface area (Å²) in [4.78, 5) is 12.1. The summed E-state index contributed by atoms with van der Waals surface area (Å²) in [7, 11) is 0. The van der Waals surface area contributed by atoms with E-state index in [-0.39, 0.29) is 23.6 Å². The molecule has 1 aliphatic heterocycles. The van der Waals surface area contributed by atoms with Gasteiger partial charge in [0.1, 0.15) is 11.6 Å². The number of amides is 2. The van der Waals surface area contributed by atoms with Crippen LogP contribution in [0.15, 0.2) is 18.2 Å². The van der Waals surface area contributed by atoms with Crippen LogP contribution in [0.5, 0.6) is 5.75 Å². The average Bonchev–Trinajstić information content (AvgIpc) is 3.34. The molecule has 1 saturated heterocycles. The van der Waals surface area contributed by atoms with Crippen LogP contribution in [0.1, 0.15) is 25.7 Å². The van der Waals surface area contributed by atoms with Crippen molar-refractivity contribution in [3.63, 3.8) is 0 Å². The summed E-state index contributed by atoms with van der Waals surface area (Å²) in [5, 5.41) is 5.16. The van der Waals surface area contributed by atoms with Crippen molar-refractivity contribution in [2.24, 2.45) is 5.92 Å². The largest absolute Gasteiger partial charge is 0.433 e. The Hall–Kier alpha value is -1.96. The maximum Gasteiger partial charge on any atom is 0.387 e. The highest BCUT2D eigenvalue weighted by Crippen LogP contribution is 2.38. The highest BCUT2D eigenvalue weighted by Gasteiger charge is 2.36. The molecule has 0 bridgehead atoms. The van der Waals surface area contributed by atoms with Crippen molar-refractivity contribution in [2.45, 2.75) is 44.4 Å². The summed E-state index contributed by atoms with van der Waals surface area (Å²) in [5.74, 6) is -0.372. The number of urea groups is 1. The summed E-state index contributed by atoms with van der Waals surface area (Å²) < 4.78 is 48.0. The maximum atomic E-state index is 13.3. The number of nitrogens with one attached hydrogen (secondary N) is 2. The number of rotatable bonds is 5. The fourth-order valence-electron chi connectivity index (χ4n) is 2.90. The van der Waals surface area contributed by atoms with Gasteiger partial charge in [0.2, 0.25) is 0 Å². The van der Waals surface area contributed by atoms with E-state index < -0.39 is 18.5 Å². The first-order valence-electron chi connectivity index (χ1n) is 7.95. The molecule has 2 aliphatic rings. The Morgan fingerprint density at radius 2 is 2.08 bits per heavy atom. The zero-order valence-corrected chi connectivity index (χ0v) is 12.9. The molecule has 2 fully saturated rings. The van der Waals surface area contributed by atoms with E-state index in [0.717, 1.165) is 37.5 Å². The molecule has 2 atom stereocenters. The molecule has 24 heavy (non-hydrogen) atoms. The number of halogens is 3. The first-order chi connectivity index (χ1) is 11.5. The van der Waals surface area contributed by atoms with Crippen LogP contribution >= 0.6 is 0 Å². The maximum absolute atomic E-state index is 13.3. The monoisotopic (exact) mass is 344 g/mol. The van der Waals surface area contributed by atoms with E-state index in [1.54, 1.807) is 0 Å². The van der Waals surface area contributed by atoms with E-state index in [9.17, 15) is 18.0 Å². The zero-order chi connectivity index (χ0) is 17.1. The molecule has 1 heterocycles. The van der Waals surface area contributed by atoms with Gasteiger partial charge in [-0.3, -0.25) is 0 Å². The Labute approximate surface area is 137 Å². The number of carbonyl (C=O) groups is 1. The quantitative estimate of drug-likeness (QED) is 0.859. The third-order valence-electron chi connectivity index (χ3n) is 4.20. The molecular weight excluding hydrogens is 325 g/mol. The van der Waals surface area contributed by atoms with Crippen LogP contribution in [-0.4, -0.2) is 31.4 Å². The molecule has 1 aromatic carbocycles. The van der Waals surface area contributed by atoms with Gasteiger partial charge in [-0.15, -0.1) is 0 Å². The number of anilines is 1. The number of alkyl halides is 2. The lowest BCUT2D eigenvalue weighted by Crippen LogP contribution is -2.44. The summed E-state index contributed by atoms with van der Waals surface area (Å²) in [6, 6.07) is 2.33. The third-order valence-corrected chi connectivity index (χ3v) is 4.20. The number of ether oxygens (including phenoxy) is 2. The molecular formula is C16H19F3N2O3. The molecule has 1 saturated carbocycles. The summed E-state index contributed by atoms with van der Waals surface area (Å²) in [6.45, 7) is -2.49. The van der Waals surface area contributed by atoms with Crippen molar-refractivity contribution in [2.75, 3.05) is 11.9 Å². The first kappa shape index (κ1) is 16.9. The smallest absolute Gasteiger partial charge is 0.387 e. The van der Waals surface area contributed by atoms with Gasteiger partial charge >= 0.3 is 12.6 Å². The van der Waals surface area contributed by atoms with Crippen LogP contribution in [0.4, 0.5) is 23.7 Å². The molecule has 0 radical (unpaired) electrons. The minimum absolute atomic E-state index is 0.0580. The lowest BCUT2D eigenvalue weighted by molar-refractivity contribution is -0.0494. The Bertz CT molecular complexity index is 596. The third kappa shape index (κ3) is 4.53. The van der Waals surface area contributed by atoms with Gasteiger partial charge < -0.3 is 20.1 Å². The van der Waals surface area contributed by atoms with Crippen LogP contribution in [0.25, 0.3) is 0 Å². The van der Waals surface area contributed by atoms with Gasteiger partial charge in [0.05, 0.1) is 11.8 Å². The molecule has 2 N–H and O–H groups in total. The Morgan fingerprint density at radius 3 is 2.79 bits per heavy atom. The standard InChI is InChI=1S/C16H19F3N2O3/c17-10-3-4-13(24-15(18)19)12(7-10)21-16(22)20-11-5-6-23-14(8-11)9-1-2-9/h3-4,7,9,11,14-15H,1-2,5-6,8H2,(H2,20,21,22)/t11-,14-/m1/s1. The second-order valence-electron chi connectivity index (χ2n) is 6.09. The molecule has 8 heteroatoms. The van der Waals surface area contributed by atoms with Crippen LogP contribution in [0.3, 0.4) is 0 Å². The van der Waals surface area contributed by atoms with Gasteiger partial charge in [-0.25, -0.2) is 9.18 Å². The highest BCUT2D eigenvalue weighted by atomic mass is 19.3. The normalized spacial score (nSPS) is 23.8. The Kier molecular flexibility index (Phi) is 5.13. The van der Waals surface area contributed by atoms with Gasteiger partial charge in [0, 0.05) is 18.7 Å². The van der Waals surface area contributed by atoms with Crippen molar-refractivity contribution in [1.29, 1.82) is 0 Å². The molecule has 5 nitrogen and oxygen atoms in total. The second-order valence-corrected chi connectivity index (χ2v) is 6.09. The molecule has 0 unspecified atom stereocenters. The van der Waals surface area contributed by atoms with Crippen molar-refractivity contribution in [3.8, 4) is 5.75 Å². The minimum atomic E-state index is -3.06. The summed E-state index contributed by atoms with van der Waals surface area (Å²) in [5.41, 5.74) is -0.140. The molecule has 3 rings (SSSR count). The van der Waals surface area contributed by atoms with E-state index in [4.69, 9.17) is 4.74 Å². The highest BCUT2D eigenvalue weighted by molar-refractivity contribution is 5.91. The SMILES string of the molecule is O=C(Nc1cc(F)ccc1OC(F)F)N[C@@H]1CCO[C@@H](C2CC2)C1. The van der Waals surface area contributed by atoms with Gasteiger partial charge in [0.15, 0.2) is 0 Å². The molecule has 2 amide bonds. The zero-order valence-electron chi connectivity index (χ0n) is 12.9. The van der Waals surface area contributed by atoms with Crippen molar-refractivity contribution >= 4 is 11.7 Å². The average molecular weight is 344 g/mol. The van der Waals surface area contributed by atoms with Crippen molar-refractivity contribution < 1.29 is 27.4 Å². The number of hydrogen-bond acceptors (Lipinski definition) is 3. The predicted molar refractivity (Wildman–Crippen MR) is 80.7 cm³/mol. The topological polar surface area (TPSA) is 59.6 Å². The predicted octanol–water partition coefficient (Wildman–Crippen LogP) is 3.51. The Balaban J connectivity index is 1.58. The van der Waals surface area contributed by atoms with E-state index >= 15 is 0 Å². The number of benzene rings is 1. The van der Waals surface area contributed by atoms with E-state index in [1.165, 1.54) is 0 Å². The fraction of sp³-hybridized carbons (Fsp3) is 0.562. The number of hydrogen-bond donors (Lipinski definition) is 2.